The molecule has 1 N–H and O–H groups in total. The highest BCUT2D eigenvalue weighted by Gasteiger charge is 2.27. The summed E-state index contributed by atoms with van der Waals surface area (Å²) in [7, 11) is -3.32. The van der Waals surface area contributed by atoms with Gasteiger partial charge in [0.05, 0.1) is 11.4 Å². The van der Waals surface area contributed by atoms with Crippen molar-refractivity contribution in [1.82, 2.24) is 0 Å². The largest absolute Gasteiger partial charge is 0.322 e. The highest BCUT2D eigenvalue weighted by molar-refractivity contribution is 7.92. The summed E-state index contributed by atoms with van der Waals surface area (Å²) < 4.78 is 52.1. The lowest BCUT2D eigenvalue weighted by molar-refractivity contribution is 0.102. The van der Waals surface area contributed by atoms with Crippen LogP contribution in [-0.4, -0.2) is 26.6 Å². The van der Waals surface area contributed by atoms with Gasteiger partial charge in [0.15, 0.2) is 11.6 Å². The van der Waals surface area contributed by atoms with Crippen molar-refractivity contribution in [3.05, 3.63) is 59.2 Å². The standard InChI is InChI=1S/C18H18F2N2O3S/c1-12-10-14(21-18(23)13-4-6-15(19)16(20)11-13)5-7-17(12)22-8-2-3-9-26(22,24)25/h4-7,10-11H,2-3,8-9H2,1H3,(H,21,23). The Hall–Kier alpha value is -2.48. The third-order valence-electron chi connectivity index (χ3n) is 4.25. The number of anilines is 2. The van der Waals surface area contributed by atoms with E-state index in [1.807, 2.05) is 0 Å². The van der Waals surface area contributed by atoms with E-state index in [0.29, 0.717) is 29.9 Å². The van der Waals surface area contributed by atoms with Crippen LogP contribution in [0.25, 0.3) is 0 Å². The Morgan fingerprint density at radius 1 is 1.08 bits per heavy atom. The molecule has 1 heterocycles. The first-order chi connectivity index (χ1) is 12.3. The number of rotatable bonds is 3. The Bertz CT molecular complexity index is 961. The summed E-state index contributed by atoms with van der Waals surface area (Å²) in [5, 5.41) is 2.60. The highest BCUT2D eigenvalue weighted by atomic mass is 32.2. The Morgan fingerprint density at radius 3 is 2.50 bits per heavy atom. The molecular formula is C18H18F2N2O3S. The molecule has 5 nitrogen and oxygen atoms in total. The summed E-state index contributed by atoms with van der Waals surface area (Å²) >= 11 is 0. The summed E-state index contributed by atoms with van der Waals surface area (Å²) in [6, 6.07) is 7.78. The molecule has 2 aromatic carbocycles. The van der Waals surface area contributed by atoms with E-state index in [1.165, 1.54) is 10.4 Å². The number of benzene rings is 2. The van der Waals surface area contributed by atoms with E-state index >= 15 is 0 Å². The van der Waals surface area contributed by atoms with Crippen molar-refractivity contribution in [2.24, 2.45) is 0 Å². The van der Waals surface area contributed by atoms with Gasteiger partial charge in [-0.05, 0) is 61.7 Å². The van der Waals surface area contributed by atoms with Crippen LogP contribution in [0.4, 0.5) is 20.2 Å². The zero-order chi connectivity index (χ0) is 18.9. The fourth-order valence-electron chi connectivity index (χ4n) is 2.91. The Morgan fingerprint density at radius 2 is 1.85 bits per heavy atom. The van der Waals surface area contributed by atoms with Gasteiger partial charge in [0.25, 0.3) is 5.91 Å². The number of nitrogens with zero attached hydrogens (tertiary/aromatic N) is 1. The lowest BCUT2D eigenvalue weighted by atomic mass is 10.1. The molecule has 8 heteroatoms. The second-order valence-electron chi connectivity index (χ2n) is 6.18. The molecule has 0 radical (unpaired) electrons. The van der Waals surface area contributed by atoms with Crippen molar-refractivity contribution in [2.45, 2.75) is 19.8 Å². The van der Waals surface area contributed by atoms with Crippen molar-refractivity contribution in [3.8, 4) is 0 Å². The third-order valence-corrected chi connectivity index (χ3v) is 6.11. The molecule has 1 aliphatic heterocycles. The van der Waals surface area contributed by atoms with Crippen molar-refractivity contribution in [1.29, 1.82) is 0 Å². The van der Waals surface area contributed by atoms with E-state index in [1.54, 1.807) is 25.1 Å². The predicted octanol–water partition coefficient (Wildman–Crippen LogP) is 3.46. The Balaban J connectivity index is 1.81. The molecular weight excluding hydrogens is 362 g/mol. The van der Waals surface area contributed by atoms with Crippen LogP contribution in [0, 0.1) is 18.6 Å². The average Bonchev–Trinajstić information content (AvgIpc) is 2.58. The zero-order valence-electron chi connectivity index (χ0n) is 14.1. The Kier molecular flexibility index (Phi) is 4.95. The van der Waals surface area contributed by atoms with E-state index in [-0.39, 0.29) is 11.3 Å². The van der Waals surface area contributed by atoms with Gasteiger partial charge < -0.3 is 5.32 Å². The van der Waals surface area contributed by atoms with Gasteiger partial charge in [0, 0.05) is 17.8 Å². The summed E-state index contributed by atoms with van der Waals surface area (Å²) in [5.41, 5.74) is 1.70. The van der Waals surface area contributed by atoms with Crippen molar-refractivity contribution < 1.29 is 22.0 Å². The average molecular weight is 380 g/mol. The number of aryl methyl sites for hydroxylation is 1. The highest BCUT2D eigenvalue weighted by Crippen LogP contribution is 2.29. The van der Waals surface area contributed by atoms with E-state index in [2.05, 4.69) is 5.32 Å². The molecule has 1 amide bonds. The fraction of sp³-hybridized carbons (Fsp3) is 0.278. The molecule has 3 rings (SSSR count). The van der Waals surface area contributed by atoms with Crippen LogP contribution in [-0.2, 0) is 10.0 Å². The molecule has 26 heavy (non-hydrogen) atoms. The van der Waals surface area contributed by atoms with Gasteiger partial charge in [-0.2, -0.15) is 0 Å². The number of sulfonamides is 1. The molecule has 1 fully saturated rings. The van der Waals surface area contributed by atoms with E-state index in [4.69, 9.17) is 0 Å². The smallest absolute Gasteiger partial charge is 0.255 e. The van der Waals surface area contributed by atoms with Gasteiger partial charge in [0.2, 0.25) is 10.0 Å². The van der Waals surface area contributed by atoms with Crippen molar-refractivity contribution >= 4 is 27.3 Å². The minimum absolute atomic E-state index is 0.00996. The number of halogens is 2. The van der Waals surface area contributed by atoms with Gasteiger partial charge in [0.1, 0.15) is 0 Å². The lowest BCUT2D eigenvalue weighted by Gasteiger charge is -2.29. The van der Waals surface area contributed by atoms with E-state index in [0.717, 1.165) is 18.6 Å². The zero-order valence-corrected chi connectivity index (χ0v) is 14.9. The summed E-state index contributed by atoms with van der Waals surface area (Å²) in [5.74, 6) is -2.58. The molecule has 138 valence electrons. The maximum absolute atomic E-state index is 13.3. The van der Waals surface area contributed by atoms with Gasteiger partial charge in [-0.15, -0.1) is 0 Å². The molecule has 0 spiro atoms. The van der Waals surface area contributed by atoms with Gasteiger partial charge in [-0.1, -0.05) is 0 Å². The Labute approximate surface area is 150 Å². The second-order valence-corrected chi connectivity index (χ2v) is 8.19. The monoisotopic (exact) mass is 380 g/mol. The van der Waals surface area contributed by atoms with E-state index in [9.17, 15) is 22.0 Å². The maximum atomic E-state index is 13.3. The number of hydrogen-bond acceptors (Lipinski definition) is 3. The molecule has 0 aliphatic carbocycles. The summed E-state index contributed by atoms with van der Waals surface area (Å²) in [6.45, 7) is 2.19. The first-order valence-electron chi connectivity index (χ1n) is 8.15. The van der Waals surface area contributed by atoms with Crippen LogP contribution in [0.5, 0.6) is 0 Å². The first-order valence-corrected chi connectivity index (χ1v) is 9.76. The maximum Gasteiger partial charge on any atom is 0.255 e. The number of carbonyl (C=O) groups excluding carboxylic acids is 1. The first kappa shape index (κ1) is 18.3. The molecule has 1 saturated heterocycles. The van der Waals surface area contributed by atoms with Gasteiger partial charge in [-0.3, -0.25) is 9.10 Å². The normalized spacial score (nSPS) is 16.3. The summed E-state index contributed by atoms with van der Waals surface area (Å²) in [6.07, 6.45) is 1.45. The number of carbonyl (C=O) groups is 1. The number of amides is 1. The molecule has 1 aliphatic rings. The molecule has 0 saturated carbocycles. The second kappa shape index (κ2) is 7.03. The minimum Gasteiger partial charge on any atom is -0.322 e. The minimum atomic E-state index is -3.32. The van der Waals surface area contributed by atoms with Crippen molar-refractivity contribution in [2.75, 3.05) is 21.9 Å². The molecule has 0 bridgehead atoms. The topological polar surface area (TPSA) is 66.5 Å². The van der Waals surface area contributed by atoms with Crippen LogP contribution >= 0.6 is 0 Å². The van der Waals surface area contributed by atoms with Gasteiger partial charge >= 0.3 is 0 Å². The molecule has 0 unspecified atom stereocenters. The van der Waals surface area contributed by atoms with Crippen LogP contribution in [0.3, 0.4) is 0 Å². The van der Waals surface area contributed by atoms with Crippen LogP contribution < -0.4 is 9.62 Å². The molecule has 2 aromatic rings. The fourth-order valence-corrected chi connectivity index (χ4v) is 4.61. The van der Waals surface area contributed by atoms with Gasteiger partial charge in [-0.25, -0.2) is 17.2 Å². The number of hydrogen-bond donors (Lipinski definition) is 1. The lowest BCUT2D eigenvalue weighted by Crippen LogP contribution is -2.38. The van der Waals surface area contributed by atoms with Crippen LogP contribution in [0.1, 0.15) is 28.8 Å². The molecule has 0 atom stereocenters. The SMILES string of the molecule is Cc1cc(NC(=O)c2ccc(F)c(F)c2)ccc1N1CCCCS1(=O)=O. The number of nitrogens with one attached hydrogen (secondary N) is 1. The van der Waals surface area contributed by atoms with Crippen molar-refractivity contribution in [3.63, 3.8) is 0 Å². The summed E-state index contributed by atoms with van der Waals surface area (Å²) in [4.78, 5) is 12.2. The molecule has 0 aromatic heterocycles. The predicted molar refractivity (Wildman–Crippen MR) is 95.9 cm³/mol. The van der Waals surface area contributed by atoms with E-state index < -0.39 is 27.6 Å². The van der Waals surface area contributed by atoms with Crippen LogP contribution in [0.15, 0.2) is 36.4 Å². The quantitative estimate of drug-likeness (QED) is 0.887. The third kappa shape index (κ3) is 3.70. The van der Waals surface area contributed by atoms with Crippen LogP contribution in [0.2, 0.25) is 0 Å².